The van der Waals surface area contributed by atoms with Crippen molar-refractivity contribution in [2.24, 2.45) is 0 Å². The molecule has 0 aromatic heterocycles. The molecule has 2 heterocycles. The second-order valence-corrected chi connectivity index (χ2v) is 12.3. The van der Waals surface area contributed by atoms with E-state index in [0.29, 0.717) is 11.3 Å². The van der Waals surface area contributed by atoms with Crippen LogP contribution in [0.3, 0.4) is 0 Å². The molecule has 2 aromatic carbocycles. The number of benzene rings is 2. The van der Waals surface area contributed by atoms with Crippen LogP contribution in [0.5, 0.6) is 0 Å². The lowest BCUT2D eigenvalue weighted by molar-refractivity contribution is -0.121. The van der Waals surface area contributed by atoms with Crippen molar-refractivity contribution in [3.63, 3.8) is 0 Å². The summed E-state index contributed by atoms with van der Waals surface area (Å²) in [6.45, 7) is 5.69. The molecule has 1 N–H and O–H groups in total. The Kier molecular flexibility index (Phi) is 8.34. The highest BCUT2D eigenvalue weighted by atomic mass is 32.2. The number of amides is 1. The fourth-order valence-corrected chi connectivity index (χ4v) is 6.47. The highest BCUT2D eigenvalue weighted by Gasteiger charge is 2.25. The Balaban J connectivity index is 1.48. The van der Waals surface area contributed by atoms with Crippen LogP contribution in [0.2, 0.25) is 0 Å². The summed E-state index contributed by atoms with van der Waals surface area (Å²) >= 11 is 1.69. The minimum Gasteiger partial charge on any atom is -0.359 e. The number of hydrogen-bond acceptors (Lipinski definition) is 6. The molecule has 0 atom stereocenters. The lowest BCUT2D eigenvalue weighted by Crippen LogP contribution is -2.47. The first-order valence-corrected chi connectivity index (χ1v) is 14.2. The summed E-state index contributed by atoms with van der Waals surface area (Å²) in [5, 5.41) is 2.68. The van der Waals surface area contributed by atoms with Gasteiger partial charge in [-0.25, -0.2) is 12.7 Å². The third-order valence-electron chi connectivity index (χ3n) is 6.61. The molecule has 0 aliphatic carbocycles. The number of fused-ring (bicyclic) bond motifs is 2. The smallest absolute Gasteiger partial charge is 0.242 e. The van der Waals surface area contributed by atoms with E-state index in [-0.39, 0.29) is 5.91 Å². The van der Waals surface area contributed by atoms with Gasteiger partial charge in [-0.2, -0.15) is 0 Å². The Labute approximate surface area is 213 Å². The molecule has 2 aliphatic heterocycles. The van der Waals surface area contributed by atoms with Gasteiger partial charge in [0.1, 0.15) is 0 Å². The SMILES string of the molecule is CNC(=O)CCN1CCN(CC/C=C2/c3ccccc3Sc3ccc(S(=O)(=O)N(C)C)cc32)CC1. The van der Waals surface area contributed by atoms with Crippen molar-refractivity contribution in [2.45, 2.75) is 27.5 Å². The van der Waals surface area contributed by atoms with E-state index >= 15 is 0 Å². The van der Waals surface area contributed by atoms with Gasteiger partial charge in [-0.05, 0) is 47.4 Å². The van der Waals surface area contributed by atoms with E-state index in [1.54, 1.807) is 39.0 Å². The molecule has 9 heteroatoms. The monoisotopic (exact) mass is 514 g/mol. The molecule has 2 aliphatic rings. The zero-order chi connectivity index (χ0) is 25.0. The summed E-state index contributed by atoms with van der Waals surface area (Å²) in [4.78, 5) is 18.9. The predicted molar refractivity (Wildman–Crippen MR) is 141 cm³/mol. The van der Waals surface area contributed by atoms with E-state index in [1.165, 1.54) is 9.20 Å². The van der Waals surface area contributed by atoms with Crippen molar-refractivity contribution in [3.05, 3.63) is 59.7 Å². The van der Waals surface area contributed by atoms with Gasteiger partial charge in [0.25, 0.3) is 0 Å². The molecule has 0 spiro atoms. The van der Waals surface area contributed by atoms with Crippen molar-refractivity contribution in [1.29, 1.82) is 0 Å². The Morgan fingerprint density at radius 3 is 2.34 bits per heavy atom. The molecule has 0 bridgehead atoms. The Hall–Kier alpha value is -2.17. The number of carbonyl (C=O) groups is 1. The van der Waals surface area contributed by atoms with Gasteiger partial charge in [0.05, 0.1) is 4.90 Å². The fourth-order valence-electron chi connectivity index (χ4n) is 4.45. The van der Waals surface area contributed by atoms with E-state index in [1.807, 2.05) is 24.3 Å². The van der Waals surface area contributed by atoms with Crippen LogP contribution < -0.4 is 5.32 Å². The van der Waals surface area contributed by atoms with Gasteiger partial charge in [-0.3, -0.25) is 4.79 Å². The largest absolute Gasteiger partial charge is 0.359 e. The first-order valence-electron chi connectivity index (χ1n) is 12.0. The zero-order valence-corrected chi connectivity index (χ0v) is 22.3. The fraction of sp³-hybridized carbons (Fsp3) is 0.423. The van der Waals surface area contributed by atoms with Gasteiger partial charge in [-0.15, -0.1) is 0 Å². The van der Waals surface area contributed by atoms with E-state index in [9.17, 15) is 13.2 Å². The van der Waals surface area contributed by atoms with Crippen molar-refractivity contribution < 1.29 is 13.2 Å². The summed E-state index contributed by atoms with van der Waals surface area (Å²) in [5.74, 6) is 0.0896. The van der Waals surface area contributed by atoms with E-state index in [4.69, 9.17) is 0 Å². The molecule has 1 saturated heterocycles. The highest BCUT2D eigenvalue weighted by molar-refractivity contribution is 7.99. The first kappa shape index (κ1) is 25.9. The molecular formula is C26H34N4O3S2. The standard InChI is InChI=1S/C26H34N4O3S2/c1-27-26(31)12-14-30-17-15-29(16-18-30)13-6-8-21-22-7-4-5-9-24(22)34-25-11-10-20(19-23(21)25)35(32,33)28(2)3/h4-5,7-11,19H,6,12-18H2,1-3H3,(H,27,31)/b21-8-. The van der Waals surface area contributed by atoms with Gasteiger partial charge in [0.15, 0.2) is 0 Å². The van der Waals surface area contributed by atoms with Gasteiger partial charge in [0, 0.05) is 76.6 Å². The van der Waals surface area contributed by atoms with Crippen LogP contribution in [0.15, 0.2) is 63.2 Å². The quantitative estimate of drug-likeness (QED) is 0.498. The van der Waals surface area contributed by atoms with Crippen LogP contribution in [-0.4, -0.2) is 88.8 Å². The van der Waals surface area contributed by atoms with Crippen molar-refractivity contribution >= 4 is 33.3 Å². The molecule has 1 amide bonds. The van der Waals surface area contributed by atoms with E-state index in [0.717, 1.165) is 67.3 Å². The maximum Gasteiger partial charge on any atom is 0.242 e. The number of hydrogen-bond donors (Lipinski definition) is 1. The molecule has 1 fully saturated rings. The Bertz CT molecular complexity index is 1200. The number of carbonyl (C=O) groups excluding carboxylic acids is 1. The van der Waals surface area contributed by atoms with Crippen molar-refractivity contribution in [2.75, 3.05) is 60.4 Å². The van der Waals surface area contributed by atoms with Crippen LogP contribution in [0.1, 0.15) is 24.0 Å². The number of sulfonamides is 1. The number of rotatable bonds is 8. The summed E-state index contributed by atoms with van der Waals surface area (Å²) in [7, 11) is 1.30. The van der Waals surface area contributed by atoms with Gasteiger partial charge in [-0.1, -0.05) is 36.0 Å². The van der Waals surface area contributed by atoms with Gasteiger partial charge in [0.2, 0.25) is 15.9 Å². The third-order valence-corrected chi connectivity index (χ3v) is 9.57. The van der Waals surface area contributed by atoms with E-state index in [2.05, 4.69) is 33.3 Å². The molecule has 0 saturated carbocycles. The maximum absolute atomic E-state index is 12.8. The zero-order valence-electron chi connectivity index (χ0n) is 20.7. The summed E-state index contributed by atoms with van der Waals surface area (Å²) in [5.41, 5.74) is 3.24. The lowest BCUT2D eigenvalue weighted by Gasteiger charge is -2.34. The highest BCUT2D eigenvalue weighted by Crippen LogP contribution is 2.46. The molecule has 2 aromatic rings. The molecule has 0 radical (unpaired) electrons. The Morgan fingerprint density at radius 2 is 1.66 bits per heavy atom. The minimum atomic E-state index is -3.51. The normalized spacial score (nSPS) is 17.9. The lowest BCUT2D eigenvalue weighted by atomic mass is 9.96. The average Bonchev–Trinajstić information content (AvgIpc) is 2.87. The molecule has 7 nitrogen and oxygen atoms in total. The van der Waals surface area contributed by atoms with Crippen LogP contribution in [0.25, 0.3) is 5.57 Å². The summed E-state index contributed by atoms with van der Waals surface area (Å²) < 4.78 is 26.8. The molecule has 0 unspecified atom stereocenters. The number of nitrogens with zero attached hydrogens (tertiary/aromatic N) is 3. The van der Waals surface area contributed by atoms with E-state index < -0.39 is 10.0 Å². The first-order chi connectivity index (χ1) is 16.8. The molecule has 188 valence electrons. The average molecular weight is 515 g/mol. The van der Waals surface area contributed by atoms with Crippen LogP contribution in [0, 0.1) is 0 Å². The van der Waals surface area contributed by atoms with Gasteiger partial charge < -0.3 is 15.1 Å². The van der Waals surface area contributed by atoms with Crippen LogP contribution in [0.4, 0.5) is 0 Å². The number of nitrogens with one attached hydrogen (secondary N) is 1. The minimum absolute atomic E-state index is 0.0896. The summed E-state index contributed by atoms with van der Waals surface area (Å²) in [6.07, 6.45) is 3.70. The second-order valence-electron chi connectivity index (χ2n) is 9.06. The molecular weight excluding hydrogens is 480 g/mol. The van der Waals surface area contributed by atoms with Crippen LogP contribution in [-0.2, 0) is 14.8 Å². The predicted octanol–water partition coefficient (Wildman–Crippen LogP) is 2.98. The second kappa shape index (κ2) is 11.3. The van der Waals surface area contributed by atoms with Crippen molar-refractivity contribution in [3.8, 4) is 0 Å². The number of piperazine rings is 1. The maximum atomic E-state index is 12.8. The van der Waals surface area contributed by atoms with Gasteiger partial charge >= 0.3 is 0 Å². The van der Waals surface area contributed by atoms with Crippen molar-refractivity contribution in [1.82, 2.24) is 19.4 Å². The molecule has 4 rings (SSSR count). The van der Waals surface area contributed by atoms with Crippen LogP contribution >= 0.6 is 11.8 Å². The third kappa shape index (κ3) is 5.98. The topological polar surface area (TPSA) is 73.0 Å². The summed E-state index contributed by atoms with van der Waals surface area (Å²) in [6, 6.07) is 13.8. The Morgan fingerprint density at radius 1 is 1.00 bits per heavy atom. The molecule has 35 heavy (non-hydrogen) atoms.